The Bertz CT molecular complexity index is 440. The van der Waals surface area contributed by atoms with Crippen molar-refractivity contribution in [3.63, 3.8) is 0 Å². The zero-order valence-electron chi connectivity index (χ0n) is 11.0. The molecule has 8 heteroatoms. The molecule has 3 amide bonds. The number of hydrogen-bond acceptors (Lipinski definition) is 4. The van der Waals surface area contributed by atoms with Crippen LogP contribution in [0.15, 0.2) is 0 Å². The first-order valence-corrected chi connectivity index (χ1v) is 6.94. The molecule has 2 fully saturated rings. The molecular weight excluding hydrogens is 270 g/mol. The fourth-order valence-corrected chi connectivity index (χ4v) is 4.12. The highest BCUT2D eigenvalue weighted by Crippen LogP contribution is 2.50. The molecule has 3 N–H and O–H groups in total. The molecule has 0 aromatic heterocycles. The lowest BCUT2D eigenvalue weighted by Crippen LogP contribution is -2.71. The number of nitrogens with zero attached hydrogens (tertiary/aromatic N) is 1. The molecule has 0 aliphatic carbocycles. The second-order valence-electron chi connectivity index (χ2n) is 5.08. The second kappa shape index (κ2) is 4.59. The van der Waals surface area contributed by atoms with Crippen LogP contribution in [0.25, 0.3) is 0 Å². The Morgan fingerprint density at radius 1 is 1.47 bits per heavy atom. The van der Waals surface area contributed by atoms with Gasteiger partial charge in [0, 0.05) is 11.3 Å². The number of β-lactam (4-membered cyclic amide) rings is 1. The van der Waals surface area contributed by atoms with Crippen LogP contribution in [0, 0.1) is 0 Å². The lowest BCUT2D eigenvalue weighted by Gasteiger charge is -2.43. The third-order valence-corrected chi connectivity index (χ3v) is 4.87. The Balaban J connectivity index is 2.10. The van der Waals surface area contributed by atoms with Crippen LogP contribution in [0.4, 0.5) is 4.79 Å². The van der Waals surface area contributed by atoms with Crippen molar-refractivity contribution >= 4 is 29.7 Å². The number of thioether (sulfide) groups is 1. The average molecular weight is 287 g/mol. The van der Waals surface area contributed by atoms with Gasteiger partial charge in [-0.25, -0.2) is 9.59 Å². The Labute approximate surface area is 115 Å². The molecule has 3 atom stereocenters. The molecule has 0 saturated carbocycles. The van der Waals surface area contributed by atoms with E-state index in [0.29, 0.717) is 6.54 Å². The first-order valence-electron chi connectivity index (χ1n) is 6.06. The minimum Gasteiger partial charge on any atom is -0.480 e. The number of aliphatic carboxylic acids is 1. The maximum absolute atomic E-state index is 12.0. The summed E-state index contributed by atoms with van der Waals surface area (Å²) < 4.78 is -0.566. The Morgan fingerprint density at radius 2 is 2.11 bits per heavy atom. The van der Waals surface area contributed by atoms with E-state index in [1.807, 2.05) is 0 Å². The van der Waals surface area contributed by atoms with Gasteiger partial charge in [-0.3, -0.25) is 4.79 Å². The molecule has 2 heterocycles. The zero-order chi connectivity index (χ0) is 14.4. The second-order valence-corrected chi connectivity index (χ2v) is 6.85. The Morgan fingerprint density at radius 3 is 2.63 bits per heavy atom. The molecule has 0 unspecified atom stereocenters. The van der Waals surface area contributed by atoms with E-state index in [0.717, 1.165) is 0 Å². The van der Waals surface area contributed by atoms with Gasteiger partial charge in [0.15, 0.2) is 0 Å². The first-order chi connectivity index (χ1) is 8.79. The smallest absolute Gasteiger partial charge is 0.327 e. The number of carbonyl (C=O) groups is 3. The van der Waals surface area contributed by atoms with Gasteiger partial charge in [-0.1, -0.05) is 0 Å². The predicted octanol–water partition coefficient (Wildman–Crippen LogP) is -0.179. The Hall–Kier alpha value is -1.44. The minimum atomic E-state index is -1.01. The lowest BCUT2D eigenvalue weighted by molar-refractivity contribution is -0.159. The van der Waals surface area contributed by atoms with Gasteiger partial charge in [0.1, 0.15) is 17.5 Å². The number of fused-ring (bicyclic) bond motifs is 1. The number of carboxylic acid groups (broad SMARTS) is 1. The predicted molar refractivity (Wildman–Crippen MR) is 69.7 cm³/mol. The third kappa shape index (κ3) is 2.13. The summed E-state index contributed by atoms with van der Waals surface area (Å²) in [5.41, 5.74) is 0. The van der Waals surface area contributed by atoms with Gasteiger partial charge >= 0.3 is 12.0 Å². The van der Waals surface area contributed by atoms with Crippen molar-refractivity contribution in [2.24, 2.45) is 0 Å². The summed E-state index contributed by atoms with van der Waals surface area (Å²) in [5.74, 6) is -1.34. The van der Waals surface area contributed by atoms with E-state index in [1.165, 1.54) is 16.7 Å². The Kier molecular flexibility index (Phi) is 3.38. The van der Waals surface area contributed by atoms with E-state index in [9.17, 15) is 19.5 Å². The highest BCUT2D eigenvalue weighted by Gasteiger charge is 2.64. The monoisotopic (exact) mass is 287 g/mol. The number of urea groups is 1. The van der Waals surface area contributed by atoms with Crippen molar-refractivity contribution in [1.29, 1.82) is 0 Å². The number of nitrogens with one attached hydrogen (secondary N) is 2. The van der Waals surface area contributed by atoms with Gasteiger partial charge in [0.05, 0.1) is 0 Å². The molecule has 7 nitrogen and oxygen atoms in total. The molecule has 0 aromatic rings. The van der Waals surface area contributed by atoms with Gasteiger partial charge in [-0.2, -0.15) is 0 Å². The molecule has 0 radical (unpaired) electrons. The largest absolute Gasteiger partial charge is 0.480 e. The molecule has 0 aromatic carbocycles. The first kappa shape index (κ1) is 14.0. The van der Waals surface area contributed by atoms with Crippen LogP contribution >= 0.6 is 11.8 Å². The van der Waals surface area contributed by atoms with Gasteiger partial charge < -0.3 is 20.6 Å². The van der Waals surface area contributed by atoms with Crippen LogP contribution in [0.2, 0.25) is 0 Å². The summed E-state index contributed by atoms with van der Waals surface area (Å²) in [4.78, 5) is 36.1. The van der Waals surface area contributed by atoms with Crippen molar-refractivity contribution in [2.45, 2.75) is 43.0 Å². The van der Waals surface area contributed by atoms with Crippen molar-refractivity contribution in [1.82, 2.24) is 15.5 Å². The number of carbonyl (C=O) groups excluding carboxylic acids is 2. The molecule has 0 bridgehead atoms. The van der Waals surface area contributed by atoms with Crippen LogP contribution in [0.1, 0.15) is 20.8 Å². The normalized spacial score (nSPS) is 31.4. The van der Waals surface area contributed by atoms with E-state index >= 15 is 0 Å². The molecule has 2 rings (SSSR count). The summed E-state index contributed by atoms with van der Waals surface area (Å²) in [5, 5.41) is 14.1. The zero-order valence-corrected chi connectivity index (χ0v) is 11.8. The van der Waals surface area contributed by atoms with Crippen molar-refractivity contribution in [3.05, 3.63) is 0 Å². The SMILES string of the molecule is CCNC(=O)N[C@@H]1C(=O)N2[C@@H]1SC(C)(C)[C@@H]2C(=O)O. The summed E-state index contributed by atoms with van der Waals surface area (Å²) in [6, 6.07) is -1.89. The van der Waals surface area contributed by atoms with Crippen LogP contribution < -0.4 is 10.6 Å². The van der Waals surface area contributed by atoms with Gasteiger partial charge in [0.2, 0.25) is 5.91 Å². The molecule has 19 heavy (non-hydrogen) atoms. The van der Waals surface area contributed by atoms with Gasteiger partial charge in [-0.05, 0) is 20.8 Å². The highest BCUT2D eigenvalue weighted by molar-refractivity contribution is 8.01. The quantitative estimate of drug-likeness (QED) is 0.626. The number of hydrogen-bond donors (Lipinski definition) is 3. The van der Waals surface area contributed by atoms with E-state index in [-0.39, 0.29) is 11.3 Å². The maximum Gasteiger partial charge on any atom is 0.327 e. The maximum atomic E-state index is 12.0. The minimum absolute atomic E-state index is 0.300. The summed E-state index contributed by atoms with van der Waals surface area (Å²) in [6.07, 6.45) is 0. The fraction of sp³-hybridized carbons (Fsp3) is 0.727. The van der Waals surface area contributed by atoms with E-state index < -0.39 is 28.8 Å². The van der Waals surface area contributed by atoms with Crippen LogP contribution in [0.3, 0.4) is 0 Å². The number of carboxylic acids is 1. The summed E-state index contributed by atoms with van der Waals surface area (Å²) >= 11 is 1.41. The third-order valence-electron chi connectivity index (χ3n) is 3.30. The van der Waals surface area contributed by atoms with Crippen LogP contribution in [-0.4, -0.2) is 56.7 Å². The van der Waals surface area contributed by atoms with Gasteiger partial charge in [-0.15, -0.1) is 11.8 Å². The number of amides is 3. The lowest BCUT2D eigenvalue weighted by atomic mass is 9.96. The molecular formula is C11H17N3O4S. The van der Waals surface area contributed by atoms with Crippen molar-refractivity contribution < 1.29 is 19.5 Å². The van der Waals surface area contributed by atoms with Crippen molar-refractivity contribution in [2.75, 3.05) is 6.54 Å². The average Bonchev–Trinajstić information content (AvgIpc) is 2.55. The molecule has 2 saturated heterocycles. The van der Waals surface area contributed by atoms with E-state index in [4.69, 9.17) is 0 Å². The molecule has 2 aliphatic heterocycles. The van der Waals surface area contributed by atoms with Crippen LogP contribution in [0.5, 0.6) is 0 Å². The van der Waals surface area contributed by atoms with E-state index in [1.54, 1.807) is 20.8 Å². The topological polar surface area (TPSA) is 98.7 Å². The molecule has 106 valence electrons. The van der Waals surface area contributed by atoms with Crippen molar-refractivity contribution in [3.8, 4) is 0 Å². The molecule has 0 spiro atoms. The highest BCUT2D eigenvalue weighted by atomic mass is 32.2. The van der Waals surface area contributed by atoms with Gasteiger partial charge in [0.25, 0.3) is 0 Å². The number of rotatable bonds is 3. The standard InChI is InChI=1S/C11H17N3O4S/c1-4-12-10(18)13-5-7(15)14-6(9(16)17)11(2,3)19-8(5)14/h5-6,8H,4H2,1-3H3,(H,16,17)(H2,12,13,18)/t5-,6+,8-/m1/s1. The fourth-order valence-electron chi connectivity index (χ4n) is 2.50. The molecule has 2 aliphatic rings. The van der Waals surface area contributed by atoms with E-state index in [2.05, 4.69) is 10.6 Å². The summed E-state index contributed by atoms with van der Waals surface area (Å²) in [6.45, 7) is 5.84. The summed E-state index contributed by atoms with van der Waals surface area (Å²) in [7, 11) is 0. The van der Waals surface area contributed by atoms with Crippen LogP contribution in [-0.2, 0) is 9.59 Å².